The maximum Gasteiger partial charge on any atom is 0.241 e. The summed E-state index contributed by atoms with van der Waals surface area (Å²) >= 11 is 3.34. The average Bonchev–Trinajstić information content (AvgIpc) is 2.85. The first-order valence-corrected chi connectivity index (χ1v) is 8.39. The monoisotopic (exact) mass is 374 g/mol. The molecule has 0 aliphatic rings. The lowest BCUT2D eigenvalue weighted by Gasteiger charge is -2.11. The van der Waals surface area contributed by atoms with Gasteiger partial charge in [0.15, 0.2) is 5.82 Å². The number of rotatable bonds is 5. The largest absolute Gasteiger partial charge is 0.338 e. The van der Waals surface area contributed by atoms with Crippen LogP contribution in [-0.4, -0.2) is 18.6 Å². The topological polar surface area (TPSA) is 111 Å². The Morgan fingerprint density at radius 2 is 2.10 bits per heavy atom. The molecule has 0 aliphatic heterocycles. The number of nitrogens with zero attached hydrogens (tertiary/aromatic N) is 2. The first-order valence-electron chi connectivity index (χ1n) is 6.11. The summed E-state index contributed by atoms with van der Waals surface area (Å²) in [4.78, 5) is 4.12. The van der Waals surface area contributed by atoms with Gasteiger partial charge in [0.1, 0.15) is 0 Å². The number of benzene rings is 1. The van der Waals surface area contributed by atoms with Gasteiger partial charge in [-0.1, -0.05) is 21.1 Å². The Bertz CT molecular complexity index is 758. The van der Waals surface area contributed by atoms with Gasteiger partial charge >= 0.3 is 0 Å². The van der Waals surface area contributed by atoms with E-state index in [1.165, 1.54) is 0 Å². The summed E-state index contributed by atoms with van der Waals surface area (Å²) in [6, 6.07) is 3.36. The van der Waals surface area contributed by atoms with Gasteiger partial charge in [0.2, 0.25) is 15.9 Å². The second kappa shape index (κ2) is 6.22. The zero-order valence-corrected chi connectivity index (χ0v) is 14.0. The molecule has 0 aliphatic carbocycles. The predicted octanol–water partition coefficient (Wildman–Crippen LogP) is 1.39. The Hall–Kier alpha value is -1.29. The summed E-state index contributed by atoms with van der Waals surface area (Å²) in [7, 11) is -3.70. The molecule has 21 heavy (non-hydrogen) atoms. The van der Waals surface area contributed by atoms with Crippen LogP contribution in [0.15, 0.2) is 26.0 Å². The smallest absolute Gasteiger partial charge is 0.241 e. The molecule has 0 spiro atoms. The molecule has 1 heterocycles. The van der Waals surface area contributed by atoms with Crippen LogP contribution in [0.1, 0.15) is 22.8 Å². The van der Waals surface area contributed by atoms with Crippen LogP contribution >= 0.6 is 15.9 Å². The molecule has 0 amide bonds. The van der Waals surface area contributed by atoms with E-state index in [2.05, 4.69) is 30.8 Å². The van der Waals surface area contributed by atoms with E-state index in [1.807, 2.05) is 0 Å². The number of halogens is 1. The highest BCUT2D eigenvalue weighted by Gasteiger charge is 2.20. The summed E-state index contributed by atoms with van der Waals surface area (Å²) in [5.74, 6) is 0.663. The number of sulfonamides is 1. The van der Waals surface area contributed by atoms with E-state index < -0.39 is 10.0 Å². The fourth-order valence-corrected chi connectivity index (χ4v) is 3.68. The minimum atomic E-state index is -3.70. The summed E-state index contributed by atoms with van der Waals surface area (Å²) in [6.45, 7) is 3.57. The van der Waals surface area contributed by atoms with E-state index in [9.17, 15) is 8.42 Å². The van der Waals surface area contributed by atoms with Gasteiger partial charge in [-0.25, -0.2) is 13.1 Å². The highest BCUT2D eigenvalue weighted by atomic mass is 79.9. The van der Waals surface area contributed by atoms with Crippen molar-refractivity contribution in [2.24, 2.45) is 5.73 Å². The number of nitrogens with two attached hydrogens (primary N) is 1. The standard InChI is InChI=1S/C12H15BrN4O3S/c1-7-10(13)3-9(5-14)4-11(7)21(18,19)15-6-12-16-8(2)17-20-12/h3-4,15H,5-6,14H2,1-2H3. The quantitative estimate of drug-likeness (QED) is 0.817. The van der Waals surface area contributed by atoms with Gasteiger partial charge in [-0.2, -0.15) is 4.98 Å². The van der Waals surface area contributed by atoms with E-state index >= 15 is 0 Å². The first kappa shape index (κ1) is 16.1. The zero-order chi connectivity index (χ0) is 15.6. The van der Waals surface area contributed by atoms with Crippen LogP contribution in [0.2, 0.25) is 0 Å². The Balaban J connectivity index is 2.29. The zero-order valence-electron chi connectivity index (χ0n) is 11.6. The third-order valence-electron chi connectivity index (χ3n) is 2.86. The summed E-state index contributed by atoms with van der Waals surface area (Å²) in [5, 5.41) is 3.60. The van der Waals surface area contributed by atoms with Crippen molar-refractivity contribution in [3.63, 3.8) is 0 Å². The number of hydrogen-bond acceptors (Lipinski definition) is 6. The second-order valence-corrected chi connectivity index (χ2v) is 7.05. The molecule has 0 saturated heterocycles. The van der Waals surface area contributed by atoms with Gasteiger partial charge in [-0.05, 0) is 37.1 Å². The molecule has 1 aromatic heterocycles. The normalized spacial score (nSPS) is 11.8. The Kier molecular flexibility index (Phi) is 4.77. The van der Waals surface area contributed by atoms with Crippen molar-refractivity contribution in [3.05, 3.63) is 39.4 Å². The fraction of sp³-hybridized carbons (Fsp3) is 0.333. The van der Waals surface area contributed by atoms with Gasteiger partial charge in [-0.3, -0.25) is 0 Å². The first-order chi connectivity index (χ1) is 9.83. The lowest BCUT2D eigenvalue weighted by atomic mass is 10.1. The lowest BCUT2D eigenvalue weighted by molar-refractivity contribution is 0.372. The Morgan fingerprint density at radius 1 is 1.38 bits per heavy atom. The van der Waals surface area contributed by atoms with Gasteiger partial charge in [0, 0.05) is 11.0 Å². The summed E-state index contributed by atoms with van der Waals surface area (Å²) < 4.78 is 32.8. The van der Waals surface area contributed by atoms with E-state index in [0.29, 0.717) is 15.9 Å². The minimum absolute atomic E-state index is 0.0624. The molecule has 3 N–H and O–H groups in total. The lowest BCUT2D eigenvalue weighted by Crippen LogP contribution is -2.24. The van der Waals surface area contributed by atoms with Crippen molar-refractivity contribution >= 4 is 26.0 Å². The number of nitrogens with one attached hydrogen (secondary N) is 1. The van der Waals surface area contributed by atoms with Crippen LogP contribution in [0.3, 0.4) is 0 Å². The van der Waals surface area contributed by atoms with Gasteiger partial charge in [0.25, 0.3) is 0 Å². The molecule has 0 fully saturated rings. The molecule has 0 saturated carbocycles. The molecule has 0 radical (unpaired) electrons. The summed E-state index contributed by atoms with van der Waals surface area (Å²) in [6.07, 6.45) is 0. The molecule has 9 heteroatoms. The van der Waals surface area contributed by atoms with Crippen LogP contribution < -0.4 is 10.5 Å². The van der Waals surface area contributed by atoms with Crippen LogP contribution in [0.25, 0.3) is 0 Å². The van der Waals surface area contributed by atoms with Crippen molar-refractivity contribution in [1.29, 1.82) is 0 Å². The second-order valence-electron chi connectivity index (χ2n) is 4.46. The number of aryl methyl sites for hydroxylation is 1. The van der Waals surface area contributed by atoms with Crippen molar-refractivity contribution < 1.29 is 12.9 Å². The highest BCUT2D eigenvalue weighted by Crippen LogP contribution is 2.25. The van der Waals surface area contributed by atoms with E-state index in [-0.39, 0.29) is 23.9 Å². The predicted molar refractivity (Wildman–Crippen MR) is 79.8 cm³/mol. The molecule has 2 aromatic rings. The van der Waals surface area contributed by atoms with Gasteiger partial charge in [0.05, 0.1) is 11.4 Å². The molecule has 0 atom stereocenters. The molecule has 7 nitrogen and oxygen atoms in total. The molecular weight excluding hydrogens is 360 g/mol. The molecule has 2 rings (SSSR count). The molecule has 114 valence electrons. The molecular formula is C12H15BrN4O3S. The average molecular weight is 375 g/mol. The van der Waals surface area contributed by atoms with E-state index in [1.54, 1.807) is 26.0 Å². The van der Waals surface area contributed by atoms with Gasteiger partial charge < -0.3 is 10.3 Å². The Labute approximate surface area is 131 Å². The summed E-state index contributed by atoms with van der Waals surface area (Å²) in [5.41, 5.74) is 6.92. The fourth-order valence-electron chi connectivity index (χ4n) is 1.75. The Morgan fingerprint density at radius 3 is 2.67 bits per heavy atom. The van der Waals surface area contributed by atoms with Crippen LogP contribution in [0, 0.1) is 13.8 Å². The van der Waals surface area contributed by atoms with Crippen molar-refractivity contribution in [2.75, 3.05) is 0 Å². The minimum Gasteiger partial charge on any atom is -0.338 e. The van der Waals surface area contributed by atoms with Crippen LogP contribution in [0.5, 0.6) is 0 Å². The molecule has 0 bridgehead atoms. The number of aromatic nitrogens is 2. The number of hydrogen-bond donors (Lipinski definition) is 2. The third-order valence-corrected chi connectivity index (χ3v) is 5.22. The SMILES string of the molecule is Cc1noc(CNS(=O)(=O)c2cc(CN)cc(Br)c2C)n1. The molecule has 1 aromatic carbocycles. The third kappa shape index (κ3) is 3.67. The van der Waals surface area contributed by atoms with Crippen molar-refractivity contribution in [2.45, 2.75) is 31.8 Å². The van der Waals surface area contributed by atoms with Crippen LogP contribution in [-0.2, 0) is 23.1 Å². The van der Waals surface area contributed by atoms with Crippen molar-refractivity contribution in [3.8, 4) is 0 Å². The van der Waals surface area contributed by atoms with E-state index in [0.717, 1.165) is 5.56 Å². The van der Waals surface area contributed by atoms with E-state index in [4.69, 9.17) is 10.3 Å². The van der Waals surface area contributed by atoms with Crippen molar-refractivity contribution in [1.82, 2.24) is 14.9 Å². The maximum absolute atomic E-state index is 12.4. The molecule has 0 unspecified atom stereocenters. The van der Waals surface area contributed by atoms with Crippen LogP contribution in [0.4, 0.5) is 0 Å². The maximum atomic E-state index is 12.4. The highest BCUT2D eigenvalue weighted by molar-refractivity contribution is 9.10. The van der Waals surface area contributed by atoms with Gasteiger partial charge in [-0.15, -0.1) is 0 Å².